The van der Waals surface area contributed by atoms with Gasteiger partial charge in [0.15, 0.2) is 11.5 Å². The minimum absolute atomic E-state index is 0.241. The van der Waals surface area contributed by atoms with Crippen molar-refractivity contribution < 1.29 is 24.2 Å². The number of benzene rings is 2. The summed E-state index contributed by atoms with van der Waals surface area (Å²) in [5.41, 5.74) is 2.07. The molecule has 2 rings (SSSR count). The molecule has 0 aliphatic rings. The van der Waals surface area contributed by atoms with E-state index in [0.717, 1.165) is 5.56 Å². The zero-order valence-electron chi connectivity index (χ0n) is 15.1. The van der Waals surface area contributed by atoms with Crippen LogP contribution >= 0.6 is 0 Å². The van der Waals surface area contributed by atoms with E-state index in [1.54, 1.807) is 36.4 Å². The molecule has 0 bridgehead atoms. The van der Waals surface area contributed by atoms with Gasteiger partial charge in [0.2, 0.25) is 0 Å². The fourth-order valence-corrected chi connectivity index (χ4v) is 2.63. The fourth-order valence-electron chi connectivity index (χ4n) is 2.63. The molecule has 0 aromatic heterocycles. The highest BCUT2D eigenvalue weighted by Gasteiger charge is 2.20. The Labute approximate surface area is 152 Å². The second kappa shape index (κ2) is 8.89. The summed E-state index contributed by atoms with van der Waals surface area (Å²) in [6.07, 6.45) is -0.241. The second-order valence-electron chi connectivity index (χ2n) is 5.84. The third-order valence-electron chi connectivity index (χ3n) is 3.85. The zero-order chi connectivity index (χ0) is 19.1. The first kappa shape index (κ1) is 19.3. The van der Waals surface area contributed by atoms with Crippen LogP contribution in [0.25, 0.3) is 0 Å². The average molecular weight is 357 g/mol. The maximum atomic E-state index is 12.5. The molecule has 2 aromatic rings. The molecule has 0 radical (unpaired) electrons. The highest BCUT2D eigenvalue weighted by Crippen LogP contribution is 2.31. The van der Waals surface area contributed by atoms with Crippen molar-refractivity contribution in [2.75, 3.05) is 13.7 Å². The smallest absolute Gasteiger partial charge is 0.305 e. The lowest BCUT2D eigenvalue weighted by Gasteiger charge is -2.19. The van der Waals surface area contributed by atoms with E-state index < -0.39 is 12.0 Å². The molecular weight excluding hydrogens is 334 g/mol. The van der Waals surface area contributed by atoms with Crippen molar-refractivity contribution in [3.8, 4) is 11.5 Å². The summed E-state index contributed by atoms with van der Waals surface area (Å²) in [5.74, 6) is -0.275. The van der Waals surface area contributed by atoms with E-state index >= 15 is 0 Å². The van der Waals surface area contributed by atoms with Gasteiger partial charge < -0.3 is 19.9 Å². The van der Waals surface area contributed by atoms with Gasteiger partial charge in [0.25, 0.3) is 5.91 Å². The van der Waals surface area contributed by atoms with Gasteiger partial charge in [0.05, 0.1) is 26.2 Å². The van der Waals surface area contributed by atoms with Crippen molar-refractivity contribution in [1.82, 2.24) is 5.32 Å². The summed E-state index contributed by atoms with van der Waals surface area (Å²) in [5, 5.41) is 12.0. The first-order valence-corrected chi connectivity index (χ1v) is 8.34. The number of hydrogen-bond donors (Lipinski definition) is 2. The Morgan fingerprint density at radius 1 is 1.15 bits per heavy atom. The SMILES string of the molecule is CCOc1ccc(C(CC(=O)O)NC(=O)c2cccc(C)c2)cc1OC. The predicted octanol–water partition coefficient (Wildman–Crippen LogP) is 3.35. The van der Waals surface area contributed by atoms with E-state index in [-0.39, 0.29) is 12.3 Å². The van der Waals surface area contributed by atoms with Gasteiger partial charge in [-0.2, -0.15) is 0 Å². The summed E-state index contributed by atoms with van der Waals surface area (Å²) in [6, 6.07) is 11.6. The molecular formula is C20H23NO5. The van der Waals surface area contributed by atoms with Crippen LogP contribution in [-0.2, 0) is 4.79 Å². The van der Waals surface area contributed by atoms with Crippen LogP contribution in [0.5, 0.6) is 11.5 Å². The van der Waals surface area contributed by atoms with E-state index in [1.165, 1.54) is 7.11 Å². The number of carbonyl (C=O) groups excluding carboxylic acids is 1. The van der Waals surface area contributed by atoms with Gasteiger partial charge in [0.1, 0.15) is 0 Å². The molecule has 0 aliphatic carbocycles. The van der Waals surface area contributed by atoms with E-state index in [1.807, 2.05) is 19.9 Å². The quantitative estimate of drug-likeness (QED) is 0.757. The van der Waals surface area contributed by atoms with E-state index in [0.29, 0.717) is 29.2 Å². The first-order chi connectivity index (χ1) is 12.4. The Morgan fingerprint density at radius 2 is 1.92 bits per heavy atom. The number of methoxy groups -OCH3 is 1. The van der Waals surface area contributed by atoms with Gasteiger partial charge in [-0.05, 0) is 43.7 Å². The Hall–Kier alpha value is -3.02. The van der Waals surface area contributed by atoms with Gasteiger partial charge in [-0.1, -0.05) is 23.8 Å². The van der Waals surface area contributed by atoms with Crippen LogP contribution in [0.1, 0.15) is 40.9 Å². The summed E-state index contributed by atoms with van der Waals surface area (Å²) in [4.78, 5) is 23.8. The lowest BCUT2D eigenvalue weighted by molar-refractivity contribution is -0.137. The average Bonchev–Trinajstić information content (AvgIpc) is 2.61. The lowest BCUT2D eigenvalue weighted by Crippen LogP contribution is -2.30. The van der Waals surface area contributed by atoms with Crippen molar-refractivity contribution in [3.05, 3.63) is 59.2 Å². The fraction of sp³-hybridized carbons (Fsp3) is 0.300. The van der Waals surface area contributed by atoms with Crippen molar-refractivity contribution in [1.29, 1.82) is 0 Å². The Kier molecular flexibility index (Phi) is 6.60. The van der Waals surface area contributed by atoms with Gasteiger partial charge in [-0.3, -0.25) is 9.59 Å². The van der Waals surface area contributed by atoms with Crippen molar-refractivity contribution in [2.24, 2.45) is 0 Å². The number of rotatable bonds is 8. The van der Waals surface area contributed by atoms with Gasteiger partial charge in [-0.25, -0.2) is 0 Å². The van der Waals surface area contributed by atoms with Crippen molar-refractivity contribution >= 4 is 11.9 Å². The number of hydrogen-bond acceptors (Lipinski definition) is 4. The predicted molar refractivity (Wildman–Crippen MR) is 97.8 cm³/mol. The van der Waals surface area contributed by atoms with Crippen LogP contribution in [0.2, 0.25) is 0 Å². The second-order valence-corrected chi connectivity index (χ2v) is 5.84. The van der Waals surface area contributed by atoms with Crippen LogP contribution in [0.4, 0.5) is 0 Å². The Balaban J connectivity index is 2.29. The number of carbonyl (C=O) groups is 2. The van der Waals surface area contributed by atoms with Crippen LogP contribution in [0.15, 0.2) is 42.5 Å². The maximum absolute atomic E-state index is 12.5. The molecule has 2 N–H and O–H groups in total. The summed E-state index contributed by atoms with van der Waals surface area (Å²) < 4.78 is 10.8. The minimum atomic E-state index is -1.01. The molecule has 1 unspecified atom stereocenters. The minimum Gasteiger partial charge on any atom is -0.493 e. The van der Waals surface area contributed by atoms with E-state index in [2.05, 4.69) is 5.32 Å². The number of carboxylic acids is 1. The Morgan fingerprint density at radius 3 is 2.54 bits per heavy atom. The molecule has 0 aliphatic heterocycles. The molecule has 2 aromatic carbocycles. The molecule has 0 fully saturated rings. The molecule has 0 spiro atoms. The van der Waals surface area contributed by atoms with Crippen LogP contribution in [-0.4, -0.2) is 30.7 Å². The van der Waals surface area contributed by atoms with Gasteiger partial charge >= 0.3 is 5.97 Å². The third-order valence-corrected chi connectivity index (χ3v) is 3.85. The van der Waals surface area contributed by atoms with Gasteiger partial charge in [-0.15, -0.1) is 0 Å². The zero-order valence-corrected chi connectivity index (χ0v) is 15.1. The van der Waals surface area contributed by atoms with E-state index in [4.69, 9.17) is 9.47 Å². The topological polar surface area (TPSA) is 84.9 Å². The van der Waals surface area contributed by atoms with Crippen molar-refractivity contribution in [2.45, 2.75) is 26.3 Å². The molecule has 1 amide bonds. The van der Waals surface area contributed by atoms with Crippen LogP contribution < -0.4 is 14.8 Å². The number of aryl methyl sites for hydroxylation is 1. The molecule has 0 saturated carbocycles. The molecule has 0 heterocycles. The highest BCUT2D eigenvalue weighted by atomic mass is 16.5. The third kappa shape index (κ3) is 4.99. The number of ether oxygens (including phenoxy) is 2. The molecule has 138 valence electrons. The number of aliphatic carboxylic acids is 1. The largest absolute Gasteiger partial charge is 0.493 e. The monoisotopic (exact) mass is 357 g/mol. The molecule has 6 nitrogen and oxygen atoms in total. The van der Waals surface area contributed by atoms with Crippen LogP contribution in [0, 0.1) is 6.92 Å². The van der Waals surface area contributed by atoms with Gasteiger partial charge in [0, 0.05) is 5.56 Å². The standard InChI is InChI=1S/C20H23NO5/c1-4-26-17-9-8-14(11-18(17)25-3)16(12-19(22)23)21-20(24)15-7-5-6-13(2)10-15/h5-11,16H,4,12H2,1-3H3,(H,21,24)(H,22,23). The number of carboxylic acid groups (broad SMARTS) is 1. The first-order valence-electron chi connectivity index (χ1n) is 8.34. The van der Waals surface area contributed by atoms with E-state index in [9.17, 15) is 14.7 Å². The normalized spacial score (nSPS) is 11.5. The lowest BCUT2D eigenvalue weighted by atomic mass is 10.0. The Bertz CT molecular complexity index is 788. The maximum Gasteiger partial charge on any atom is 0.305 e. The highest BCUT2D eigenvalue weighted by molar-refractivity contribution is 5.94. The van der Waals surface area contributed by atoms with Crippen molar-refractivity contribution in [3.63, 3.8) is 0 Å². The summed E-state index contributed by atoms with van der Waals surface area (Å²) in [6.45, 7) is 4.24. The van der Waals surface area contributed by atoms with Crippen LogP contribution in [0.3, 0.4) is 0 Å². The molecule has 0 saturated heterocycles. The number of amides is 1. The summed E-state index contributed by atoms with van der Waals surface area (Å²) in [7, 11) is 1.51. The molecule has 6 heteroatoms. The summed E-state index contributed by atoms with van der Waals surface area (Å²) >= 11 is 0. The molecule has 1 atom stereocenters. The number of nitrogens with one attached hydrogen (secondary N) is 1. The molecule has 26 heavy (non-hydrogen) atoms.